The van der Waals surface area contributed by atoms with Crippen LogP contribution in [0.2, 0.25) is 0 Å². The summed E-state index contributed by atoms with van der Waals surface area (Å²) in [4.78, 5) is 26.1. The van der Waals surface area contributed by atoms with E-state index in [4.69, 9.17) is 5.11 Å². The molecular weight excluding hydrogens is 270 g/mol. The molecule has 1 aromatic rings. The molecule has 0 saturated heterocycles. The van der Waals surface area contributed by atoms with E-state index in [2.05, 4.69) is 24.1 Å². The third-order valence-corrected chi connectivity index (χ3v) is 3.24. The highest BCUT2D eigenvalue weighted by Crippen LogP contribution is 2.17. The van der Waals surface area contributed by atoms with Crippen molar-refractivity contribution < 1.29 is 14.7 Å². The number of nitrogens with zero attached hydrogens (tertiary/aromatic N) is 2. The zero-order valence-corrected chi connectivity index (χ0v) is 12.8. The van der Waals surface area contributed by atoms with Crippen LogP contribution >= 0.6 is 0 Å². The first-order valence-corrected chi connectivity index (χ1v) is 7.14. The van der Waals surface area contributed by atoms with Gasteiger partial charge in [-0.2, -0.15) is 0 Å². The summed E-state index contributed by atoms with van der Waals surface area (Å²) in [5.74, 6) is -1.02. The third kappa shape index (κ3) is 4.98. The van der Waals surface area contributed by atoms with Gasteiger partial charge in [0.05, 0.1) is 0 Å². The Morgan fingerprint density at radius 1 is 1.05 bits per heavy atom. The first-order valence-electron chi connectivity index (χ1n) is 7.14. The van der Waals surface area contributed by atoms with Gasteiger partial charge in [-0.1, -0.05) is 0 Å². The van der Waals surface area contributed by atoms with Gasteiger partial charge in [-0.15, -0.1) is 0 Å². The van der Waals surface area contributed by atoms with Crippen LogP contribution in [0.4, 0.5) is 16.2 Å². The van der Waals surface area contributed by atoms with Gasteiger partial charge < -0.3 is 20.2 Å². The first kappa shape index (κ1) is 16.8. The maximum Gasteiger partial charge on any atom is 0.323 e. The van der Waals surface area contributed by atoms with Gasteiger partial charge in [0.15, 0.2) is 0 Å². The number of urea groups is 1. The first-order chi connectivity index (χ1) is 10.0. The molecule has 0 heterocycles. The van der Waals surface area contributed by atoms with Crippen molar-refractivity contribution in [2.24, 2.45) is 0 Å². The van der Waals surface area contributed by atoms with Gasteiger partial charge in [0.25, 0.3) is 0 Å². The zero-order valence-electron chi connectivity index (χ0n) is 12.8. The Morgan fingerprint density at radius 2 is 1.62 bits per heavy atom. The predicted octanol–water partition coefficient (Wildman–Crippen LogP) is 2.47. The van der Waals surface area contributed by atoms with Crippen LogP contribution in [0.5, 0.6) is 0 Å². The zero-order chi connectivity index (χ0) is 15.8. The molecule has 6 heteroatoms. The number of likely N-dealkylation sites (N-methyl/N-ethyl adjacent to an activating group) is 1. The van der Waals surface area contributed by atoms with Crippen LogP contribution in [0, 0.1) is 0 Å². The number of rotatable bonds is 7. The minimum Gasteiger partial charge on any atom is -0.480 e. The van der Waals surface area contributed by atoms with E-state index in [1.807, 2.05) is 24.3 Å². The van der Waals surface area contributed by atoms with E-state index in [0.29, 0.717) is 12.2 Å². The highest BCUT2D eigenvalue weighted by Gasteiger charge is 2.14. The van der Waals surface area contributed by atoms with Crippen LogP contribution in [-0.2, 0) is 4.79 Å². The normalized spacial score (nSPS) is 10.0. The van der Waals surface area contributed by atoms with Crippen LogP contribution in [0.1, 0.15) is 20.8 Å². The second-order valence-electron chi connectivity index (χ2n) is 4.56. The van der Waals surface area contributed by atoms with Crippen LogP contribution < -0.4 is 10.2 Å². The molecule has 0 aliphatic carbocycles. The number of nitrogens with one attached hydrogen (secondary N) is 1. The lowest BCUT2D eigenvalue weighted by atomic mass is 10.2. The molecule has 0 aliphatic heterocycles. The van der Waals surface area contributed by atoms with E-state index in [1.165, 1.54) is 4.90 Å². The third-order valence-electron chi connectivity index (χ3n) is 3.24. The Bertz CT molecular complexity index is 470. The van der Waals surface area contributed by atoms with Crippen LogP contribution in [0.3, 0.4) is 0 Å². The van der Waals surface area contributed by atoms with Crippen molar-refractivity contribution in [3.8, 4) is 0 Å². The molecule has 6 nitrogen and oxygen atoms in total. The number of carbonyl (C=O) groups excluding carboxylic acids is 1. The van der Waals surface area contributed by atoms with Gasteiger partial charge in [0.2, 0.25) is 0 Å². The Kier molecular flexibility index (Phi) is 6.52. The summed E-state index contributed by atoms with van der Waals surface area (Å²) in [6.07, 6.45) is 0. The summed E-state index contributed by atoms with van der Waals surface area (Å²) in [5.41, 5.74) is 1.75. The molecule has 0 atom stereocenters. The van der Waals surface area contributed by atoms with Crippen molar-refractivity contribution in [1.82, 2.24) is 4.90 Å². The number of hydrogen-bond acceptors (Lipinski definition) is 3. The number of aliphatic carboxylic acids is 1. The van der Waals surface area contributed by atoms with Crippen LogP contribution in [0.15, 0.2) is 24.3 Å². The number of anilines is 2. The number of hydrogen-bond donors (Lipinski definition) is 2. The van der Waals surface area contributed by atoms with Crippen LogP contribution in [-0.4, -0.2) is 48.2 Å². The Balaban J connectivity index is 2.70. The van der Waals surface area contributed by atoms with E-state index in [-0.39, 0.29) is 6.54 Å². The number of amides is 2. The average Bonchev–Trinajstić information content (AvgIpc) is 2.47. The van der Waals surface area contributed by atoms with Crippen molar-refractivity contribution in [2.75, 3.05) is 36.4 Å². The second kappa shape index (κ2) is 8.14. The summed E-state index contributed by atoms with van der Waals surface area (Å²) in [6.45, 7) is 7.80. The predicted molar refractivity (Wildman–Crippen MR) is 83.9 cm³/mol. The molecule has 116 valence electrons. The largest absolute Gasteiger partial charge is 0.480 e. The minimum atomic E-state index is -1.02. The molecule has 0 saturated carbocycles. The van der Waals surface area contributed by atoms with Gasteiger partial charge in [-0.25, -0.2) is 4.79 Å². The molecule has 1 rings (SSSR count). The lowest BCUT2D eigenvalue weighted by Crippen LogP contribution is -2.38. The summed E-state index contributed by atoms with van der Waals surface area (Å²) < 4.78 is 0. The number of benzene rings is 1. The van der Waals surface area contributed by atoms with E-state index in [9.17, 15) is 9.59 Å². The van der Waals surface area contributed by atoms with Gasteiger partial charge in [0.1, 0.15) is 6.54 Å². The van der Waals surface area contributed by atoms with Crippen molar-refractivity contribution >= 4 is 23.4 Å². The average molecular weight is 293 g/mol. The molecule has 0 bridgehead atoms. The van der Waals surface area contributed by atoms with E-state index >= 15 is 0 Å². The number of carboxylic acids is 1. The summed E-state index contributed by atoms with van der Waals surface area (Å²) in [6, 6.07) is 7.11. The van der Waals surface area contributed by atoms with Crippen molar-refractivity contribution in [3.63, 3.8) is 0 Å². The molecule has 0 unspecified atom stereocenters. The molecule has 0 spiro atoms. The minimum absolute atomic E-state index is 0.306. The monoisotopic (exact) mass is 293 g/mol. The fraction of sp³-hybridized carbons (Fsp3) is 0.467. The topological polar surface area (TPSA) is 72.9 Å². The summed E-state index contributed by atoms with van der Waals surface area (Å²) >= 11 is 0. The summed E-state index contributed by atoms with van der Waals surface area (Å²) in [5, 5.41) is 11.5. The summed E-state index contributed by atoms with van der Waals surface area (Å²) in [7, 11) is 0. The fourth-order valence-electron chi connectivity index (χ4n) is 2.04. The highest BCUT2D eigenvalue weighted by atomic mass is 16.4. The molecule has 21 heavy (non-hydrogen) atoms. The Morgan fingerprint density at radius 3 is 2.05 bits per heavy atom. The molecule has 0 radical (unpaired) electrons. The molecular formula is C15H23N3O3. The lowest BCUT2D eigenvalue weighted by Gasteiger charge is -2.22. The Hall–Kier alpha value is -2.24. The maximum absolute atomic E-state index is 12.0. The quantitative estimate of drug-likeness (QED) is 0.810. The van der Waals surface area contributed by atoms with Crippen molar-refractivity contribution in [1.29, 1.82) is 0 Å². The standard InChI is InChI=1S/C15H23N3O3/c1-4-17(5-2)13-9-7-12(8-10-13)16-15(21)18(6-3)11-14(19)20/h7-10H,4-6,11H2,1-3H3,(H,16,21)(H,19,20). The smallest absolute Gasteiger partial charge is 0.323 e. The lowest BCUT2D eigenvalue weighted by molar-refractivity contribution is -0.137. The molecule has 1 aromatic carbocycles. The maximum atomic E-state index is 12.0. The number of carbonyl (C=O) groups is 2. The van der Waals surface area contributed by atoms with Crippen molar-refractivity contribution in [3.05, 3.63) is 24.3 Å². The van der Waals surface area contributed by atoms with E-state index in [0.717, 1.165) is 18.8 Å². The van der Waals surface area contributed by atoms with Gasteiger partial charge >= 0.3 is 12.0 Å². The fourth-order valence-corrected chi connectivity index (χ4v) is 2.04. The Labute approximate surface area is 125 Å². The molecule has 0 aliphatic rings. The van der Waals surface area contributed by atoms with Gasteiger partial charge in [0, 0.05) is 31.0 Å². The molecule has 0 aromatic heterocycles. The second-order valence-corrected chi connectivity index (χ2v) is 4.56. The van der Waals surface area contributed by atoms with Crippen molar-refractivity contribution in [2.45, 2.75) is 20.8 Å². The molecule has 0 fully saturated rings. The number of carboxylic acid groups (broad SMARTS) is 1. The van der Waals surface area contributed by atoms with Gasteiger partial charge in [-0.05, 0) is 45.0 Å². The van der Waals surface area contributed by atoms with Crippen LogP contribution in [0.25, 0.3) is 0 Å². The van der Waals surface area contributed by atoms with E-state index in [1.54, 1.807) is 6.92 Å². The SMILES string of the molecule is CCN(CC(=O)O)C(=O)Nc1ccc(N(CC)CC)cc1. The van der Waals surface area contributed by atoms with E-state index < -0.39 is 12.0 Å². The molecule has 2 amide bonds. The molecule has 2 N–H and O–H groups in total. The highest BCUT2D eigenvalue weighted by molar-refractivity contribution is 5.91. The van der Waals surface area contributed by atoms with Gasteiger partial charge in [-0.3, -0.25) is 4.79 Å².